The van der Waals surface area contributed by atoms with E-state index in [9.17, 15) is 9.59 Å². The van der Waals surface area contributed by atoms with Gasteiger partial charge in [-0.1, -0.05) is 6.07 Å². The molecule has 1 aromatic rings. The van der Waals surface area contributed by atoms with Gasteiger partial charge in [0.05, 0.1) is 0 Å². The van der Waals surface area contributed by atoms with Gasteiger partial charge in [-0.2, -0.15) is 0 Å². The van der Waals surface area contributed by atoms with Crippen molar-refractivity contribution in [1.29, 1.82) is 0 Å². The van der Waals surface area contributed by atoms with Crippen molar-refractivity contribution in [3.8, 4) is 0 Å². The van der Waals surface area contributed by atoms with Crippen LogP contribution in [0.2, 0.25) is 0 Å². The third-order valence-electron chi connectivity index (χ3n) is 3.29. The van der Waals surface area contributed by atoms with Crippen LogP contribution in [0.1, 0.15) is 13.3 Å². The monoisotopic (exact) mass is 249 g/mol. The third-order valence-corrected chi connectivity index (χ3v) is 3.29. The number of hydrogen-bond donors (Lipinski definition) is 1. The molecule has 1 atom stereocenters. The van der Waals surface area contributed by atoms with Gasteiger partial charge in [-0.25, -0.2) is 0 Å². The SMILES string of the molecule is CC1CNCCN1C(=O)CCn1ccccc1=O. The molecule has 0 radical (unpaired) electrons. The molecule has 0 spiro atoms. The van der Waals surface area contributed by atoms with Gasteiger partial charge in [-0.15, -0.1) is 0 Å². The molecule has 18 heavy (non-hydrogen) atoms. The van der Waals surface area contributed by atoms with E-state index < -0.39 is 0 Å². The van der Waals surface area contributed by atoms with Crippen molar-refractivity contribution in [2.45, 2.75) is 25.9 Å². The van der Waals surface area contributed by atoms with Crippen LogP contribution in [0, 0.1) is 0 Å². The quantitative estimate of drug-likeness (QED) is 0.824. The third kappa shape index (κ3) is 2.98. The van der Waals surface area contributed by atoms with Gasteiger partial charge in [0.2, 0.25) is 5.91 Å². The molecule has 0 aliphatic carbocycles. The lowest BCUT2D eigenvalue weighted by Gasteiger charge is -2.34. The van der Waals surface area contributed by atoms with E-state index in [0.29, 0.717) is 13.0 Å². The fourth-order valence-electron chi connectivity index (χ4n) is 2.22. The molecule has 1 amide bonds. The summed E-state index contributed by atoms with van der Waals surface area (Å²) in [6.45, 7) is 4.94. The van der Waals surface area contributed by atoms with E-state index >= 15 is 0 Å². The van der Waals surface area contributed by atoms with E-state index in [1.165, 1.54) is 6.07 Å². The first kappa shape index (κ1) is 12.8. The van der Waals surface area contributed by atoms with Crippen molar-refractivity contribution in [1.82, 2.24) is 14.8 Å². The lowest BCUT2D eigenvalue weighted by molar-refractivity contribution is -0.134. The Morgan fingerprint density at radius 1 is 1.50 bits per heavy atom. The van der Waals surface area contributed by atoms with Crippen LogP contribution in [0.4, 0.5) is 0 Å². The van der Waals surface area contributed by atoms with Crippen LogP contribution < -0.4 is 10.9 Å². The number of carbonyl (C=O) groups excluding carboxylic acids is 1. The molecule has 1 saturated heterocycles. The number of nitrogens with zero attached hydrogens (tertiary/aromatic N) is 2. The maximum absolute atomic E-state index is 12.1. The average Bonchev–Trinajstić information content (AvgIpc) is 2.38. The van der Waals surface area contributed by atoms with E-state index in [0.717, 1.165) is 19.6 Å². The lowest BCUT2D eigenvalue weighted by Crippen LogP contribution is -2.52. The van der Waals surface area contributed by atoms with Crippen molar-refractivity contribution >= 4 is 5.91 Å². The number of piperazine rings is 1. The Balaban J connectivity index is 1.92. The summed E-state index contributed by atoms with van der Waals surface area (Å²) in [5, 5.41) is 3.25. The number of aromatic nitrogens is 1. The van der Waals surface area contributed by atoms with Crippen LogP contribution >= 0.6 is 0 Å². The standard InChI is InChI=1S/C13H19N3O2/c1-11-10-14-6-9-16(11)13(18)5-8-15-7-3-2-4-12(15)17/h2-4,7,11,14H,5-6,8-10H2,1H3. The smallest absolute Gasteiger partial charge is 0.250 e. The highest BCUT2D eigenvalue weighted by Gasteiger charge is 2.22. The normalized spacial score (nSPS) is 19.8. The Morgan fingerprint density at radius 3 is 3.06 bits per heavy atom. The minimum absolute atomic E-state index is 0.0568. The van der Waals surface area contributed by atoms with Crippen molar-refractivity contribution in [2.24, 2.45) is 0 Å². The lowest BCUT2D eigenvalue weighted by atomic mass is 10.2. The van der Waals surface area contributed by atoms with Crippen LogP contribution in [0.15, 0.2) is 29.2 Å². The summed E-state index contributed by atoms with van der Waals surface area (Å²) < 4.78 is 1.57. The predicted molar refractivity (Wildman–Crippen MR) is 69.4 cm³/mol. The molecule has 0 aromatic carbocycles. The molecule has 1 N–H and O–H groups in total. The van der Waals surface area contributed by atoms with Crippen molar-refractivity contribution in [3.05, 3.63) is 34.7 Å². The first-order chi connectivity index (χ1) is 8.68. The molecule has 1 aliphatic heterocycles. The maximum Gasteiger partial charge on any atom is 0.250 e. The molecular formula is C13H19N3O2. The molecule has 0 saturated carbocycles. The molecule has 1 unspecified atom stereocenters. The first-order valence-corrected chi connectivity index (χ1v) is 6.34. The van der Waals surface area contributed by atoms with Crippen LogP contribution in [0.5, 0.6) is 0 Å². The second-order valence-electron chi connectivity index (χ2n) is 4.62. The van der Waals surface area contributed by atoms with E-state index in [-0.39, 0.29) is 17.5 Å². The van der Waals surface area contributed by atoms with Crippen LogP contribution in [-0.2, 0) is 11.3 Å². The molecule has 0 bridgehead atoms. The number of hydrogen-bond acceptors (Lipinski definition) is 3. The van der Waals surface area contributed by atoms with E-state index in [1.807, 2.05) is 11.8 Å². The zero-order valence-electron chi connectivity index (χ0n) is 10.6. The maximum atomic E-state index is 12.1. The predicted octanol–water partition coefficient (Wildman–Crippen LogP) is 0.0587. The van der Waals surface area contributed by atoms with Crippen LogP contribution in [-0.4, -0.2) is 41.1 Å². The Labute approximate surface area is 106 Å². The highest BCUT2D eigenvalue weighted by atomic mass is 16.2. The molecule has 1 aliphatic rings. The summed E-state index contributed by atoms with van der Waals surface area (Å²) >= 11 is 0. The fourth-order valence-corrected chi connectivity index (χ4v) is 2.22. The second-order valence-corrected chi connectivity index (χ2v) is 4.62. The molecule has 5 heteroatoms. The molecule has 2 heterocycles. The van der Waals surface area contributed by atoms with Gasteiger partial charge in [-0.05, 0) is 13.0 Å². The van der Waals surface area contributed by atoms with Crippen LogP contribution in [0.25, 0.3) is 0 Å². The molecule has 2 rings (SSSR count). The Morgan fingerprint density at radius 2 is 2.33 bits per heavy atom. The van der Waals surface area contributed by atoms with E-state index in [4.69, 9.17) is 0 Å². The highest BCUT2D eigenvalue weighted by molar-refractivity contribution is 5.76. The number of aryl methyl sites for hydroxylation is 1. The Hall–Kier alpha value is -1.62. The second kappa shape index (κ2) is 5.82. The molecule has 5 nitrogen and oxygen atoms in total. The van der Waals surface area contributed by atoms with Gasteiger partial charge in [0, 0.05) is 50.9 Å². The van der Waals surface area contributed by atoms with Gasteiger partial charge in [0.1, 0.15) is 0 Å². The van der Waals surface area contributed by atoms with Gasteiger partial charge >= 0.3 is 0 Å². The molecule has 1 aromatic heterocycles. The van der Waals surface area contributed by atoms with Crippen molar-refractivity contribution in [2.75, 3.05) is 19.6 Å². The van der Waals surface area contributed by atoms with Gasteiger partial charge < -0.3 is 14.8 Å². The first-order valence-electron chi connectivity index (χ1n) is 6.34. The zero-order valence-corrected chi connectivity index (χ0v) is 10.6. The van der Waals surface area contributed by atoms with Crippen molar-refractivity contribution in [3.63, 3.8) is 0 Å². The zero-order chi connectivity index (χ0) is 13.0. The fraction of sp³-hybridized carbons (Fsp3) is 0.538. The van der Waals surface area contributed by atoms with Crippen molar-refractivity contribution < 1.29 is 4.79 Å². The number of amides is 1. The van der Waals surface area contributed by atoms with E-state index in [2.05, 4.69) is 5.32 Å². The summed E-state index contributed by atoms with van der Waals surface area (Å²) in [6, 6.07) is 5.26. The molecule has 1 fully saturated rings. The number of carbonyl (C=O) groups is 1. The largest absolute Gasteiger partial charge is 0.337 e. The topological polar surface area (TPSA) is 54.3 Å². The Kier molecular flexibility index (Phi) is 4.15. The molecule has 98 valence electrons. The van der Waals surface area contributed by atoms with E-state index in [1.54, 1.807) is 22.9 Å². The summed E-state index contributed by atoms with van der Waals surface area (Å²) in [7, 11) is 0. The van der Waals surface area contributed by atoms with Gasteiger partial charge in [0.25, 0.3) is 5.56 Å². The average molecular weight is 249 g/mol. The number of rotatable bonds is 3. The number of nitrogens with one attached hydrogen (secondary N) is 1. The highest BCUT2D eigenvalue weighted by Crippen LogP contribution is 2.05. The molecular weight excluding hydrogens is 230 g/mol. The minimum atomic E-state index is -0.0568. The minimum Gasteiger partial charge on any atom is -0.337 e. The summed E-state index contributed by atoms with van der Waals surface area (Å²) in [5.41, 5.74) is -0.0568. The van der Waals surface area contributed by atoms with Crippen LogP contribution in [0.3, 0.4) is 0 Å². The number of pyridine rings is 1. The van der Waals surface area contributed by atoms with Gasteiger partial charge in [-0.3, -0.25) is 9.59 Å². The Bertz CT molecular complexity index is 469. The summed E-state index contributed by atoms with van der Waals surface area (Å²) in [4.78, 5) is 25.5. The summed E-state index contributed by atoms with van der Waals surface area (Å²) in [6.07, 6.45) is 2.10. The van der Waals surface area contributed by atoms with Gasteiger partial charge in [0.15, 0.2) is 0 Å². The summed E-state index contributed by atoms with van der Waals surface area (Å²) in [5.74, 6) is 0.125.